The van der Waals surface area contributed by atoms with Gasteiger partial charge in [0.2, 0.25) is 5.91 Å². The zero-order chi connectivity index (χ0) is 22.6. The van der Waals surface area contributed by atoms with Crippen LogP contribution in [0.4, 0.5) is 0 Å². The molecule has 0 unspecified atom stereocenters. The summed E-state index contributed by atoms with van der Waals surface area (Å²) in [5.74, 6) is 1.26. The van der Waals surface area contributed by atoms with Crippen LogP contribution in [0.5, 0.6) is 11.5 Å². The summed E-state index contributed by atoms with van der Waals surface area (Å²) >= 11 is 0. The van der Waals surface area contributed by atoms with Gasteiger partial charge in [0.25, 0.3) is 0 Å². The number of benzene rings is 3. The first kappa shape index (κ1) is 23.0. The van der Waals surface area contributed by atoms with Gasteiger partial charge in [-0.2, -0.15) is 5.10 Å². The van der Waals surface area contributed by atoms with E-state index in [-0.39, 0.29) is 12.3 Å². The molecule has 0 saturated heterocycles. The molecule has 0 aliphatic rings. The Morgan fingerprint density at radius 2 is 1.62 bits per heavy atom. The van der Waals surface area contributed by atoms with Gasteiger partial charge in [-0.3, -0.25) is 4.79 Å². The standard InChI is InChI=1S/C26H28N2O4/c1-2-31-23-14-10-22(11-15-23)25(29)16-17-26(30)28-27-18-20-8-12-24(13-9-20)32-19-21-6-4-3-5-7-21/h3-15,18,25,29H,2,16-17,19H2,1H3,(H,28,30)/b27-18-/t25-/m0/s1. The molecule has 0 heterocycles. The van der Waals surface area contributed by atoms with Crippen molar-refractivity contribution in [2.24, 2.45) is 5.10 Å². The molecule has 1 atom stereocenters. The molecule has 3 rings (SSSR count). The molecule has 0 saturated carbocycles. The number of hydrogen-bond donors (Lipinski definition) is 2. The first-order valence-electron chi connectivity index (χ1n) is 10.6. The third kappa shape index (κ3) is 7.56. The number of nitrogens with zero attached hydrogens (tertiary/aromatic N) is 1. The summed E-state index contributed by atoms with van der Waals surface area (Å²) in [5, 5.41) is 14.2. The zero-order valence-corrected chi connectivity index (χ0v) is 18.1. The fraction of sp³-hybridized carbons (Fsp3) is 0.231. The summed E-state index contributed by atoms with van der Waals surface area (Å²) < 4.78 is 11.1. The number of aliphatic hydroxyl groups is 1. The van der Waals surface area contributed by atoms with Crippen molar-refractivity contribution in [2.45, 2.75) is 32.5 Å². The van der Waals surface area contributed by atoms with E-state index in [1.165, 1.54) is 0 Å². The van der Waals surface area contributed by atoms with E-state index >= 15 is 0 Å². The highest BCUT2D eigenvalue weighted by Gasteiger charge is 2.10. The number of hydrogen-bond acceptors (Lipinski definition) is 5. The van der Waals surface area contributed by atoms with Crippen molar-refractivity contribution in [2.75, 3.05) is 6.61 Å². The second kappa shape index (κ2) is 12.3. The van der Waals surface area contributed by atoms with Gasteiger partial charge in [-0.25, -0.2) is 5.43 Å². The average Bonchev–Trinajstić information content (AvgIpc) is 2.83. The van der Waals surface area contributed by atoms with Crippen LogP contribution < -0.4 is 14.9 Å². The Hall–Kier alpha value is -3.64. The molecule has 0 aliphatic carbocycles. The van der Waals surface area contributed by atoms with Crippen LogP contribution in [0, 0.1) is 0 Å². The first-order chi connectivity index (χ1) is 15.6. The third-order valence-corrected chi connectivity index (χ3v) is 4.75. The maximum absolute atomic E-state index is 12.0. The summed E-state index contributed by atoms with van der Waals surface area (Å²) in [7, 11) is 0. The van der Waals surface area contributed by atoms with E-state index in [0.717, 1.165) is 28.2 Å². The van der Waals surface area contributed by atoms with E-state index in [2.05, 4.69) is 10.5 Å². The van der Waals surface area contributed by atoms with Crippen molar-refractivity contribution >= 4 is 12.1 Å². The minimum absolute atomic E-state index is 0.165. The average molecular weight is 433 g/mol. The predicted octanol–water partition coefficient (Wildman–Crippen LogP) is 4.63. The fourth-order valence-electron chi connectivity index (χ4n) is 3.01. The first-order valence-corrected chi connectivity index (χ1v) is 10.6. The topological polar surface area (TPSA) is 80.2 Å². The van der Waals surface area contributed by atoms with Crippen LogP contribution in [0.15, 0.2) is 84.0 Å². The molecule has 3 aromatic rings. The minimum atomic E-state index is -0.719. The van der Waals surface area contributed by atoms with Crippen molar-refractivity contribution in [1.29, 1.82) is 0 Å². The molecule has 0 bridgehead atoms. The molecule has 0 radical (unpaired) electrons. The van der Waals surface area contributed by atoms with Gasteiger partial charge in [-0.1, -0.05) is 42.5 Å². The fourth-order valence-corrected chi connectivity index (χ4v) is 3.01. The Bertz CT molecular complexity index is 987. The lowest BCUT2D eigenvalue weighted by molar-refractivity contribution is -0.121. The van der Waals surface area contributed by atoms with E-state index < -0.39 is 6.10 Å². The number of ether oxygens (including phenoxy) is 2. The van der Waals surface area contributed by atoms with Crippen molar-refractivity contribution in [1.82, 2.24) is 5.43 Å². The predicted molar refractivity (Wildman–Crippen MR) is 125 cm³/mol. The molecular formula is C26H28N2O4. The minimum Gasteiger partial charge on any atom is -0.494 e. The Morgan fingerprint density at radius 1 is 0.969 bits per heavy atom. The Kier molecular flexibility index (Phi) is 8.83. The third-order valence-electron chi connectivity index (χ3n) is 4.75. The maximum Gasteiger partial charge on any atom is 0.240 e. The summed E-state index contributed by atoms with van der Waals surface area (Å²) in [6.45, 7) is 3.02. The Balaban J connectivity index is 1.38. The highest BCUT2D eigenvalue weighted by atomic mass is 16.5. The smallest absolute Gasteiger partial charge is 0.240 e. The molecule has 1 amide bonds. The van der Waals surface area contributed by atoms with Gasteiger partial charge < -0.3 is 14.6 Å². The van der Waals surface area contributed by atoms with E-state index in [0.29, 0.717) is 19.6 Å². The number of aliphatic hydroxyl groups excluding tert-OH is 1. The monoisotopic (exact) mass is 432 g/mol. The second-order valence-corrected chi connectivity index (χ2v) is 7.19. The van der Waals surface area contributed by atoms with Crippen molar-refractivity contribution < 1.29 is 19.4 Å². The van der Waals surface area contributed by atoms with Gasteiger partial charge in [-0.15, -0.1) is 0 Å². The molecule has 2 N–H and O–H groups in total. The molecule has 32 heavy (non-hydrogen) atoms. The van der Waals surface area contributed by atoms with Crippen molar-refractivity contribution in [3.8, 4) is 11.5 Å². The molecule has 166 valence electrons. The molecule has 0 aliphatic heterocycles. The van der Waals surface area contributed by atoms with E-state index in [1.807, 2.05) is 73.7 Å². The van der Waals surface area contributed by atoms with Crippen LogP contribution in [0.2, 0.25) is 0 Å². The van der Waals surface area contributed by atoms with Gasteiger partial charge in [0.15, 0.2) is 0 Å². The Labute approximate surface area is 188 Å². The normalized spacial score (nSPS) is 11.8. The van der Waals surface area contributed by atoms with Gasteiger partial charge in [-0.05, 0) is 66.4 Å². The largest absolute Gasteiger partial charge is 0.494 e. The van der Waals surface area contributed by atoms with Crippen LogP contribution in [0.25, 0.3) is 0 Å². The van der Waals surface area contributed by atoms with E-state index in [9.17, 15) is 9.90 Å². The van der Waals surface area contributed by atoms with Crippen molar-refractivity contribution in [3.05, 3.63) is 95.6 Å². The SMILES string of the molecule is CCOc1ccc([C@@H](O)CCC(=O)N/N=C\c2ccc(OCc3ccccc3)cc2)cc1. The van der Waals surface area contributed by atoms with Crippen molar-refractivity contribution in [3.63, 3.8) is 0 Å². The summed E-state index contributed by atoms with van der Waals surface area (Å²) in [6, 6.07) is 24.6. The van der Waals surface area contributed by atoms with E-state index in [1.54, 1.807) is 18.3 Å². The second-order valence-electron chi connectivity index (χ2n) is 7.19. The molecule has 6 heteroatoms. The molecule has 0 aromatic heterocycles. The van der Waals surface area contributed by atoms with E-state index in [4.69, 9.17) is 9.47 Å². The highest BCUT2D eigenvalue weighted by molar-refractivity contribution is 5.82. The summed E-state index contributed by atoms with van der Waals surface area (Å²) in [6.07, 6.45) is 1.33. The lowest BCUT2D eigenvalue weighted by Gasteiger charge is -2.11. The van der Waals surface area contributed by atoms with Gasteiger partial charge >= 0.3 is 0 Å². The number of hydrazone groups is 1. The number of carbonyl (C=O) groups is 1. The molecular weight excluding hydrogens is 404 g/mol. The molecule has 6 nitrogen and oxygen atoms in total. The molecule has 0 fully saturated rings. The van der Waals surface area contributed by atoms with Gasteiger partial charge in [0, 0.05) is 6.42 Å². The number of rotatable bonds is 11. The van der Waals surface area contributed by atoms with Crippen LogP contribution >= 0.6 is 0 Å². The van der Waals surface area contributed by atoms with Crippen LogP contribution in [0.3, 0.4) is 0 Å². The van der Waals surface area contributed by atoms with Gasteiger partial charge in [0.05, 0.1) is 18.9 Å². The van der Waals surface area contributed by atoms with Gasteiger partial charge in [0.1, 0.15) is 18.1 Å². The van der Waals surface area contributed by atoms with Crippen LogP contribution in [-0.2, 0) is 11.4 Å². The van der Waals surface area contributed by atoms with Crippen LogP contribution in [-0.4, -0.2) is 23.8 Å². The Morgan fingerprint density at radius 3 is 2.31 bits per heavy atom. The highest BCUT2D eigenvalue weighted by Crippen LogP contribution is 2.21. The maximum atomic E-state index is 12.0. The summed E-state index contributed by atoms with van der Waals surface area (Å²) in [5.41, 5.74) is 5.19. The molecule has 3 aromatic carbocycles. The lowest BCUT2D eigenvalue weighted by Crippen LogP contribution is -2.18. The molecule has 0 spiro atoms. The quantitative estimate of drug-likeness (QED) is 0.342. The number of amides is 1. The zero-order valence-electron chi connectivity index (χ0n) is 18.1. The number of carbonyl (C=O) groups excluding carboxylic acids is 1. The van der Waals surface area contributed by atoms with Crippen LogP contribution in [0.1, 0.15) is 42.6 Å². The number of nitrogens with one attached hydrogen (secondary N) is 1. The lowest BCUT2D eigenvalue weighted by atomic mass is 10.0. The summed E-state index contributed by atoms with van der Waals surface area (Å²) in [4.78, 5) is 12.0.